The fraction of sp³-hybridized carbons (Fsp3) is 0.647. The molecule has 1 aliphatic carbocycles. The number of hydrogen-bond donors (Lipinski definition) is 1. The molecule has 0 unspecified atom stereocenters. The fourth-order valence-electron chi connectivity index (χ4n) is 2.73. The van der Waals surface area contributed by atoms with Gasteiger partial charge in [0.1, 0.15) is 6.10 Å². The van der Waals surface area contributed by atoms with Crippen LogP contribution in [0.1, 0.15) is 45.4 Å². The van der Waals surface area contributed by atoms with E-state index >= 15 is 0 Å². The summed E-state index contributed by atoms with van der Waals surface area (Å²) < 4.78 is 15.7. The molecular formula is C17H25N3O5. The van der Waals surface area contributed by atoms with Gasteiger partial charge in [0, 0.05) is 12.5 Å². The Morgan fingerprint density at radius 3 is 2.56 bits per heavy atom. The van der Waals surface area contributed by atoms with Crippen LogP contribution in [0.3, 0.4) is 0 Å². The van der Waals surface area contributed by atoms with Gasteiger partial charge in [0.2, 0.25) is 17.7 Å². The van der Waals surface area contributed by atoms with Gasteiger partial charge < -0.3 is 19.5 Å². The van der Waals surface area contributed by atoms with Crippen LogP contribution in [-0.2, 0) is 14.3 Å². The summed E-state index contributed by atoms with van der Waals surface area (Å²) >= 11 is 0. The zero-order valence-corrected chi connectivity index (χ0v) is 14.7. The molecule has 1 heterocycles. The SMILES string of the molecule is CCOC(=O)CCC(=O)NC1CCC(Oc2cncc(OC)n2)CC1. The summed E-state index contributed by atoms with van der Waals surface area (Å²) in [6.45, 7) is 2.08. The van der Waals surface area contributed by atoms with E-state index in [1.54, 1.807) is 13.1 Å². The van der Waals surface area contributed by atoms with Gasteiger partial charge in [-0.15, -0.1) is 0 Å². The van der Waals surface area contributed by atoms with Crippen molar-refractivity contribution < 1.29 is 23.8 Å². The summed E-state index contributed by atoms with van der Waals surface area (Å²) in [5.41, 5.74) is 0. The third kappa shape index (κ3) is 6.56. The fourth-order valence-corrected chi connectivity index (χ4v) is 2.73. The highest BCUT2D eigenvalue weighted by Crippen LogP contribution is 2.23. The molecule has 1 N–H and O–H groups in total. The number of rotatable bonds is 8. The number of ether oxygens (including phenoxy) is 3. The molecule has 1 aromatic rings. The lowest BCUT2D eigenvalue weighted by Gasteiger charge is -2.29. The van der Waals surface area contributed by atoms with Crippen LogP contribution >= 0.6 is 0 Å². The molecule has 8 nitrogen and oxygen atoms in total. The van der Waals surface area contributed by atoms with Gasteiger partial charge in [-0.3, -0.25) is 14.6 Å². The number of esters is 1. The summed E-state index contributed by atoms with van der Waals surface area (Å²) in [5, 5.41) is 2.97. The molecule has 0 bridgehead atoms. The molecule has 0 spiro atoms. The molecule has 0 aliphatic heterocycles. The molecule has 138 valence electrons. The summed E-state index contributed by atoms with van der Waals surface area (Å²) in [6.07, 6.45) is 6.71. The lowest BCUT2D eigenvalue weighted by atomic mass is 9.93. The normalized spacial score (nSPS) is 19.8. The van der Waals surface area contributed by atoms with Gasteiger partial charge in [-0.2, -0.15) is 4.98 Å². The van der Waals surface area contributed by atoms with Crippen molar-refractivity contribution in [3.05, 3.63) is 12.4 Å². The van der Waals surface area contributed by atoms with Gasteiger partial charge in [-0.1, -0.05) is 0 Å². The minimum atomic E-state index is -0.339. The molecule has 1 fully saturated rings. The lowest BCUT2D eigenvalue weighted by Crippen LogP contribution is -2.39. The maximum atomic E-state index is 11.9. The van der Waals surface area contributed by atoms with E-state index in [4.69, 9.17) is 14.2 Å². The first-order valence-electron chi connectivity index (χ1n) is 8.58. The van der Waals surface area contributed by atoms with Crippen LogP contribution in [0.25, 0.3) is 0 Å². The number of carbonyl (C=O) groups is 2. The summed E-state index contributed by atoms with van der Waals surface area (Å²) in [4.78, 5) is 31.3. The summed E-state index contributed by atoms with van der Waals surface area (Å²) in [5.74, 6) is 0.409. The van der Waals surface area contributed by atoms with E-state index in [1.165, 1.54) is 13.3 Å². The average molecular weight is 351 g/mol. The molecule has 1 saturated carbocycles. The first-order chi connectivity index (χ1) is 12.1. The van der Waals surface area contributed by atoms with Crippen LogP contribution in [0.2, 0.25) is 0 Å². The van der Waals surface area contributed by atoms with Crippen molar-refractivity contribution in [2.75, 3.05) is 13.7 Å². The number of hydrogen-bond acceptors (Lipinski definition) is 7. The van der Waals surface area contributed by atoms with Crippen molar-refractivity contribution in [3.63, 3.8) is 0 Å². The van der Waals surface area contributed by atoms with Gasteiger partial charge in [-0.25, -0.2) is 0 Å². The smallest absolute Gasteiger partial charge is 0.306 e. The van der Waals surface area contributed by atoms with Crippen molar-refractivity contribution in [2.24, 2.45) is 0 Å². The maximum Gasteiger partial charge on any atom is 0.306 e. The van der Waals surface area contributed by atoms with E-state index in [-0.39, 0.29) is 36.9 Å². The van der Waals surface area contributed by atoms with E-state index in [0.29, 0.717) is 18.4 Å². The second-order valence-corrected chi connectivity index (χ2v) is 5.86. The lowest BCUT2D eigenvalue weighted by molar-refractivity contribution is -0.144. The van der Waals surface area contributed by atoms with Crippen LogP contribution in [0, 0.1) is 0 Å². The molecule has 0 radical (unpaired) electrons. The summed E-state index contributed by atoms with van der Waals surface area (Å²) in [7, 11) is 1.53. The molecule has 25 heavy (non-hydrogen) atoms. The van der Waals surface area contributed by atoms with Crippen LogP contribution in [0.15, 0.2) is 12.4 Å². The third-order valence-corrected chi connectivity index (χ3v) is 3.99. The van der Waals surface area contributed by atoms with Gasteiger partial charge in [0.25, 0.3) is 0 Å². The summed E-state index contributed by atoms with van der Waals surface area (Å²) in [6, 6.07) is 0.117. The van der Waals surface area contributed by atoms with Gasteiger partial charge in [0.05, 0.1) is 32.5 Å². The van der Waals surface area contributed by atoms with Crippen molar-refractivity contribution >= 4 is 11.9 Å². The van der Waals surface area contributed by atoms with E-state index in [1.807, 2.05) is 0 Å². The van der Waals surface area contributed by atoms with E-state index in [0.717, 1.165) is 25.7 Å². The maximum absolute atomic E-state index is 11.9. The number of amides is 1. The Morgan fingerprint density at radius 1 is 1.16 bits per heavy atom. The zero-order valence-electron chi connectivity index (χ0n) is 14.7. The second kappa shape index (κ2) is 9.80. The van der Waals surface area contributed by atoms with Crippen molar-refractivity contribution in [3.8, 4) is 11.8 Å². The average Bonchev–Trinajstić information content (AvgIpc) is 2.62. The van der Waals surface area contributed by atoms with E-state index < -0.39 is 0 Å². The van der Waals surface area contributed by atoms with Crippen LogP contribution in [0.4, 0.5) is 0 Å². The number of nitrogens with one attached hydrogen (secondary N) is 1. The topological polar surface area (TPSA) is 99.6 Å². The van der Waals surface area contributed by atoms with Crippen LogP contribution < -0.4 is 14.8 Å². The molecule has 1 aromatic heterocycles. The predicted molar refractivity (Wildman–Crippen MR) is 89.3 cm³/mol. The number of carbonyl (C=O) groups excluding carboxylic acids is 2. The monoisotopic (exact) mass is 351 g/mol. The quantitative estimate of drug-likeness (QED) is 0.711. The second-order valence-electron chi connectivity index (χ2n) is 5.86. The molecule has 2 rings (SSSR count). The molecule has 0 aromatic carbocycles. The minimum absolute atomic E-state index is 0.0501. The van der Waals surface area contributed by atoms with Crippen molar-refractivity contribution in [1.29, 1.82) is 0 Å². The Kier molecular flexibility index (Phi) is 7.43. The number of nitrogens with zero attached hydrogens (tertiary/aromatic N) is 2. The largest absolute Gasteiger partial charge is 0.480 e. The minimum Gasteiger partial charge on any atom is -0.480 e. The third-order valence-electron chi connectivity index (χ3n) is 3.99. The van der Waals surface area contributed by atoms with E-state index in [2.05, 4.69) is 15.3 Å². The standard InChI is InChI=1S/C17H25N3O5/c1-3-24-17(22)9-8-14(21)19-12-4-6-13(7-5-12)25-16-11-18-10-15(20-16)23-2/h10-13H,3-9H2,1-2H3,(H,19,21). The molecule has 8 heteroatoms. The molecule has 1 amide bonds. The molecule has 0 saturated heterocycles. The first kappa shape index (κ1) is 19.0. The van der Waals surface area contributed by atoms with Crippen molar-refractivity contribution in [2.45, 2.75) is 57.6 Å². The Labute approximate surface area is 147 Å². The van der Waals surface area contributed by atoms with Gasteiger partial charge >= 0.3 is 5.97 Å². The molecular weight excluding hydrogens is 326 g/mol. The van der Waals surface area contributed by atoms with Crippen LogP contribution in [0.5, 0.6) is 11.8 Å². The highest BCUT2D eigenvalue weighted by Gasteiger charge is 2.24. The highest BCUT2D eigenvalue weighted by atomic mass is 16.5. The number of aromatic nitrogens is 2. The first-order valence-corrected chi connectivity index (χ1v) is 8.58. The van der Waals surface area contributed by atoms with Crippen LogP contribution in [-0.4, -0.2) is 47.7 Å². The Balaban J connectivity index is 1.68. The highest BCUT2D eigenvalue weighted by molar-refractivity contribution is 5.81. The van der Waals surface area contributed by atoms with Gasteiger partial charge in [0.15, 0.2) is 0 Å². The Morgan fingerprint density at radius 2 is 1.88 bits per heavy atom. The molecule has 0 atom stereocenters. The predicted octanol–water partition coefficient (Wildman–Crippen LogP) is 1.63. The number of methoxy groups -OCH3 is 1. The van der Waals surface area contributed by atoms with Crippen molar-refractivity contribution in [1.82, 2.24) is 15.3 Å². The van der Waals surface area contributed by atoms with E-state index in [9.17, 15) is 9.59 Å². The Hall–Kier alpha value is -2.38. The zero-order chi connectivity index (χ0) is 18.1. The molecule has 1 aliphatic rings. The Bertz CT molecular complexity index is 573. The van der Waals surface area contributed by atoms with Gasteiger partial charge in [-0.05, 0) is 32.6 Å².